The Labute approximate surface area is 808 Å². The van der Waals surface area contributed by atoms with Crippen molar-refractivity contribution in [3.63, 3.8) is 0 Å². The summed E-state index contributed by atoms with van der Waals surface area (Å²) in [5.74, 6) is 18.8. The van der Waals surface area contributed by atoms with Crippen molar-refractivity contribution in [1.29, 1.82) is 0 Å². The minimum absolute atomic E-state index is 0.121. The summed E-state index contributed by atoms with van der Waals surface area (Å²) in [6, 6.07) is 24.4. The van der Waals surface area contributed by atoms with Gasteiger partial charge in [-0.1, -0.05) is 202 Å². The van der Waals surface area contributed by atoms with E-state index in [0.717, 1.165) is 93.6 Å². The lowest BCUT2D eigenvalue weighted by Crippen LogP contribution is -2.14. The van der Waals surface area contributed by atoms with Gasteiger partial charge in [0, 0.05) is 87.5 Å². The second-order valence-electron chi connectivity index (χ2n) is 32.6. The smallest absolute Gasteiger partial charge is 0.238 e. The number of nitrogens with two attached hydrogens (primary N) is 7. The van der Waals surface area contributed by atoms with Crippen LogP contribution in [0.3, 0.4) is 0 Å². The number of hydrogen-bond donors (Lipinski definition) is 7. The van der Waals surface area contributed by atoms with Gasteiger partial charge in [0.25, 0.3) is 0 Å². The fraction of sp³-hybridized carbons (Fsp3) is 0.340. The third kappa shape index (κ3) is 30.4. The Morgan fingerprint density at radius 3 is 0.838 bits per heavy atom. The minimum atomic E-state index is -3.78. The summed E-state index contributed by atoms with van der Waals surface area (Å²) in [5, 5.41) is 5.31. The number of ether oxygens (including phenoxy) is 1. The third-order valence-electron chi connectivity index (χ3n) is 19.7. The second-order valence-corrected chi connectivity index (χ2v) is 43.8. The molecule has 0 amide bonds. The maximum atomic E-state index is 12.0. The number of aryl methyl sites for hydroxylation is 12. The molecule has 12 rings (SSSR count). The van der Waals surface area contributed by atoms with Gasteiger partial charge in [-0.3, -0.25) is 0 Å². The lowest BCUT2D eigenvalue weighted by molar-refractivity contribution is 0.410. The van der Waals surface area contributed by atoms with E-state index in [1.54, 1.807) is 124 Å². The van der Waals surface area contributed by atoms with E-state index in [0.29, 0.717) is 109 Å². The molecule has 130 heavy (non-hydrogen) atoms. The number of primary sulfonamides is 1. The molecule has 688 valence electrons. The minimum Gasteiger partial charge on any atom is -0.496 e. The van der Waals surface area contributed by atoms with Gasteiger partial charge in [-0.2, -0.15) is 0 Å². The summed E-state index contributed by atoms with van der Waals surface area (Å²) >= 11 is 11.5. The van der Waals surface area contributed by atoms with E-state index in [1.807, 2.05) is 74.4 Å². The van der Waals surface area contributed by atoms with Gasteiger partial charge in [-0.25, -0.2) is 81.8 Å². The quantitative estimate of drug-likeness (QED) is 0.0259. The molecular weight excluding hydrogens is 1890 g/mol. The number of nitrogens with zero attached hydrogens (tertiary/aromatic N) is 12. The first-order chi connectivity index (χ1) is 60.8. The summed E-state index contributed by atoms with van der Waals surface area (Å²) in [5.41, 5.74) is 51.3. The summed E-state index contributed by atoms with van der Waals surface area (Å²) in [6.45, 7) is 50.4. The number of halogens is 1. The van der Waals surface area contributed by atoms with Crippen molar-refractivity contribution in [3.8, 4) is 29.9 Å². The fourth-order valence-electron chi connectivity index (χ4n) is 12.8. The van der Waals surface area contributed by atoms with Crippen LogP contribution in [0.2, 0.25) is 0 Å². The fourth-order valence-corrected chi connectivity index (χ4v) is 21.9. The number of benzene rings is 6. The largest absolute Gasteiger partial charge is 0.496 e. The number of terminal acetylenes is 1. The van der Waals surface area contributed by atoms with Gasteiger partial charge < -0.3 is 39.1 Å². The lowest BCUT2D eigenvalue weighted by atomic mass is 9.98. The molecule has 6 aromatic carbocycles. The van der Waals surface area contributed by atoms with E-state index in [9.17, 15) is 16.8 Å². The predicted molar refractivity (Wildman–Crippen MR) is 548 cm³/mol. The van der Waals surface area contributed by atoms with Gasteiger partial charge in [0.1, 0.15) is 75.6 Å². The van der Waals surface area contributed by atoms with Crippen LogP contribution in [0, 0.1) is 111 Å². The van der Waals surface area contributed by atoms with Crippen LogP contribution in [-0.2, 0) is 19.9 Å². The Morgan fingerprint density at radius 2 is 0.577 bits per heavy atom. The highest BCUT2D eigenvalue weighted by Crippen LogP contribution is 2.45. The van der Waals surface area contributed by atoms with Crippen molar-refractivity contribution in [2.75, 3.05) is 47.8 Å². The molecule has 6 heterocycles. The molecule has 0 unspecified atom stereocenters. The zero-order valence-corrected chi connectivity index (χ0v) is 87.7. The van der Waals surface area contributed by atoms with Crippen molar-refractivity contribution in [1.82, 2.24) is 59.8 Å². The first-order valence-electron chi connectivity index (χ1n) is 41.6. The van der Waals surface area contributed by atoms with Gasteiger partial charge in [-0.05, 0) is 251 Å². The molecule has 0 aliphatic rings. The molecule has 0 spiro atoms. The summed E-state index contributed by atoms with van der Waals surface area (Å²) in [6.07, 6.45) is 17.3. The molecular formula is C97H120IN19O5S8. The monoisotopic (exact) mass is 2010 g/mol. The van der Waals surface area contributed by atoms with Crippen molar-refractivity contribution < 1.29 is 21.6 Å². The first-order valence-corrected chi connectivity index (χ1v) is 51.1. The first kappa shape index (κ1) is 107. The van der Waals surface area contributed by atoms with E-state index in [-0.39, 0.29) is 16.7 Å². The van der Waals surface area contributed by atoms with Crippen LogP contribution in [-0.4, -0.2) is 90.0 Å². The Balaban J connectivity index is 0.000000214. The average Bonchev–Trinajstić information content (AvgIpc) is 0.793. The van der Waals surface area contributed by atoms with Crippen LogP contribution in [0.15, 0.2) is 179 Å². The third-order valence-corrected chi connectivity index (χ3v) is 29.8. The van der Waals surface area contributed by atoms with Gasteiger partial charge in [0.05, 0.1) is 46.3 Å². The average molecular weight is 2020 g/mol. The van der Waals surface area contributed by atoms with E-state index in [2.05, 4.69) is 239 Å². The topological polar surface area (TPSA) is 414 Å². The molecule has 0 atom stereocenters. The normalized spacial score (nSPS) is 11.2. The van der Waals surface area contributed by atoms with Gasteiger partial charge in [0.15, 0.2) is 9.84 Å². The molecule has 0 saturated heterocycles. The maximum Gasteiger partial charge on any atom is 0.238 e. The zero-order valence-electron chi connectivity index (χ0n) is 79.0. The van der Waals surface area contributed by atoms with E-state index < -0.39 is 19.9 Å². The molecule has 0 saturated carbocycles. The van der Waals surface area contributed by atoms with Gasteiger partial charge in [-0.15, -0.1) is 12.3 Å². The van der Waals surface area contributed by atoms with Crippen LogP contribution in [0.5, 0.6) is 5.75 Å². The van der Waals surface area contributed by atoms with Crippen LogP contribution in [0.25, 0.3) is 0 Å². The maximum absolute atomic E-state index is 12.0. The summed E-state index contributed by atoms with van der Waals surface area (Å²) < 4.78 is 54.2. The highest BCUT2D eigenvalue weighted by atomic mass is 127. The van der Waals surface area contributed by atoms with Crippen LogP contribution >= 0.6 is 93.2 Å². The highest BCUT2D eigenvalue weighted by Gasteiger charge is 2.24. The highest BCUT2D eigenvalue weighted by molar-refractivity contribution is 14.1. The molecule has 33 heteroatoms. The molecule has 12 aromatic rings. The Hall–Kier alpha value is -9.79. The molecule has 6 aromatic heterocycles. The Bertz CT molecular complexity index is 6310. The molecule has 14 N–H and O–H groups in total. The summed E-state index contributed by atoms with van der Waals surface area (Å²) in [7, 11) is -5.38. The zero-order chi connectivity index (χ0) is 97.0. The molecule has 24 nitrogen and oxygen atoms in total. The van der Waals surface area contributed by atoms with Gasteiger partial charge in [0.2, 0.25) is 10.0 Å². The second kappa shape index (κ2) is 48.0. The molecule has 0 aliphatic heterocycles. The number of methoxy groups -OCH3 is 1. The Morgan fingerprint density at radius 1 is 0.338 bits per heavy atom. The Kier molecular flexibility index (Phi) is 39.6. The van der Waals surface area contributed by atoms with Gasteiger partial charge >= 0.3 is 0 Å². The predicted octanol–water partition coefficient (Wildman–Crippen LogP) is 22.7. The molecule has 0 fully saturated rings. The number of sulfonamides is 1. The lowest BCUT2D eigenvalue weighted by Gasteiger charge is -2.16. The number of aromatic nitrogens is 12. The summed E-state index contributed by atoms with van der Waals surface area (Å²) in [4.78, 5) is 62.1. The van der Waals surface area contributed by atoms with E-state index in [4.69, 9.17) is 50.7 Å². The number of sulfone groups is 1. The molecule has 0 aliphatic carbocycles. The SMILES string of the molecule is C#Cc1cc(Sc2cnc(C)nc2N)c(C(C)C)cc1C.CC#Cc1cc(Sc2cnc(C)nc2N)c(C(C)C)cc1C.COc1cc(Sc2cnc(C)nc2N)c(C(C)C)cc1C.Cc1ncc(Sc2cc(I)c(C)cc2C(C)C)c(N)n1.Cc1ncc(Sc2cc(S(C)(=O)=O)c(C)cc2C(C)C)c(N)n1.Cc1ncc(Sc2cc(S(N)(=O)=O)c(C)cc2C(C)C)c(N)n1. The van der Waals surface area contributed by atoms with E-state index in [1.165, 1.54) is 71.6 Å². The van der Waals surface area contributed by atoms with Crippen molar-refractivity contribution in [3.05, 3.63) is 226 Å². The molecule has 0 radical (unpaired) electrons. The number of anilines is 6. The number of rotatable bonds is 21. The van der Waals surface area contributed by atoms with Crippen molar-refractivity contribution in [2.45, 2.75) is 277 Å². The number of hydrogen-bond acceptors (Lipinski definition) is 29. The van der Waals surface area contributed by atoms with Crippen molar-refractivity contribution in [2.24, 2.45) is 5.14 Å². The van der Waals surface area contributed by atoms with Crippen LogP contribution in [0.4, 0.5) is 34.9 Å². The van der Waals surface area contributed by atoms with E-state index >= 15 is 0 Å². The van der Waals surface area contributed by atoms with Crippen LogP contribution < -0.4 is 44.3 Å². The van der Waals surface area contributed by atoms with Crippen LogP contribution in [0.1, 0.15) is 238 Å². The molecule has 0 bridgehead atoms. The standard InChI is InChI=1S/C18H21N3S.C17H19N3S.C16H21N3O2S2.C16H21N3OS.C15H18IN3S.C15H20N4O2S2/c1-6-7-14-9-16(15(11(2)3)8-12(14)4)22-17-10-20-13(5)21-18(17)19;1-6-13-8-15(14(10(2)3)7-11(13)4)21-16-9-19-12(5)20-17(16)18;1-9(2)12-6-10(3)15(23(5,20)21)7-13(12)22-14-8-18-11(4)19-16(14)17;1-9(2)12-6-10(3)13(20-5)7-14(12)21-15-8-18-11(4)19-16(15)17;1-8(2)11-5-9(3)12(16)6-13(11)20-14-7-18-10(4)19-15(14)17;1-8(2)11-5-9(3)14(23(17,20)21)6-12(11)22-13-7-18-10(4)19-15(13)16/h8-11H,1-5H3,(H2,19,20,21);1,7-10H,2-5H3,(H2,18,19,20);6-9H,1-5H3,(H2,17,18,19);6-9H,1-5H3,(H2,17,18,19);5-8H,1-4H3,(H2,17,18,19);5-8H,1-4H3,(H2,16,18,19)(H2,17,20,21). The van der Waals surface area contributed by atoms with Crippen molar-refractivity contribution >= 4 is 148 Å². The number of nitrogen functional groups attached to an aromatic ring is 6.